The van der Waals surface area contributed by atoms with Crippen LogP contribution < -0.4 is 10.1 Å². The molecule has 8 nitrogen and oxygen atoms in total. The second-order valence-corrected chi connectivity index (χ2v) is 11.8. The number of imide groups is 1. The van der Waals surface area contributed by atoms with E-state index in [0.717, 1.165) is 10.5 Å². The van der Waals surface area contributed by atoms with Crippen LogP contribution in [-0.2, 0) is 22.4 Å². The van der Waals surface area contributed by atoms with Crippen LogP contribution in [0.4, 0.5) is 0 Å². The summed E-state index contributed by atoms with van der Waals surface area (Å²) < 4.78 is 5.87. The number of ketones is 1. The lowest BCUT2D eigenvalue weighted by molar-refractivity contribution is -0.125. The first-order chi connectivity index (χ1) is 22.2. The Hall–Kier alpha value is -4.79. The van der Waals surface area contributed by atoms with E-state index >= 15 is 0 Å². The summed E-state index contributed by atoms with van der Waals surface area (Å²) in [5.41, 5.74) is 2.19. The number of carbonyl (C=O) groups excluding carboxylic acids is 4. The molecule has 1 atom stereocenters. The summed E-state index contributed by atoms with van der Waals surface area (Å²) in [4.78, 5) is 52.9. The highest BCUT2D eigenvalue weighted by Gasteiger charge is 2.35. The van der Waals surface area contributed by atoms with Crippen LogP contribution in [0.15, 0.2) is 97.1 Å². The fraction of sp³-hybridized carbons (Fsp3) is 0.194. The van der Waals surface area contributed by atoms with Crippen molar-refractivity contribution in [1.82, 2.24) is 10.2 Å². The molecule has 0 saturated heterocycles. The van der Waals surface area contributed by atoms with Crippen LogP contribution in [0.5, 0.6) is 11.5 Å². The Balaban J connectivity index is 1.20. The molecule has 234 valence electrons. The van der Waals surface area contributed by atoms with Gasteiger partial charge < -0.3 is 15.5 Å². The van der Waals surface area contributed by atoms with E-state index in [1.165, 1.54) is 0 Å². The summed E-state index contributed by atoms with van der Waals surface area (Å²) in [5.74, 6) is -0.815. The lowest BCUT2D eigenvalue weighted by atomic mass is 9.91. The Morgan fingerprint density at radius 1 is 0.826 bits per heavy atom. The molecule has 46 heavy (non-hydrogen) atoms. The maximum absolute atomic E-state index is 13.4. The van der Waals surface area contributed by atoms with Gasteiger partial charge in [-0.3, -0.25) is 24.1 Å². The van der Waals surface area contributed by atoms with Gasteiger partial charge in [-0.1, -0.05) is 71.7 Å². The molecule has 5 rings (SSSR count). The van der Waals surface area contributed by atoms with Crippen LogP contribution >= 0.6 is 23.2 Å². The molecule has 0 radical (unpaired) electrons. The number of halogens is 2. The number of rotatable bonds is 14. The van der Waals surface area contributed by atoms with Crippen LogP contribution in [-0.4, -0.2) is 47.2 Å². The van der Waals surface area contributed by atoms with Gasteiger partial charge in [-0.05, 0) is 72.5 Å². The summed E-state index contributed by atoms with van der Waals surface area (Å²) in [6, 6.07) is 28.1. The van der Waals surface area contributed by atoms with Crippen molar-refractivity contribution in [1.29, 1.82) is 5.41 Å². The highest BCUT2D eigenvalue weighted by atomic mass is 35.5. The number of nitrogens with zero attached hydrogens (tertiary/aromatic N) is 1. The lowest BCUT2D eigenvalue weighted by Crippen LogP contribution is -2.41. The third-order valence-corrected chi connectivity index (χ3v) is 8.13. The zero-order valence-corrected chi connectivity index (χ0v) is 26.3. The predicted molar refractivity (Wildman–Crippen MR) is 177 cm³/mol. The number of fused-ring (bicyclic) bond motifs is 1. The van der Waals surface area contributed by atoms with Gasteiger partial charge >= 0.3 is 0 Å². The topological polar surface area (TPSA) is 117 Å². The maximum Gasteiger partial charge on any atom is 0.261 e. The van der Waals surface area contributed by atoms with Crippen LogP contribution in [0, 0.1) is 11.3 Å². The number of para-hydroxylation sites is 1. The van der Waals surface area contributed by atoms with Crippen LogP contribution in [0.3, 0.4) is 0 Å². The molecule has 0 aromatic heterocycles. The van der Waals surface area contributed by atoms with Crippen molar-refractivity contribution in [2.75, 3.05) is 13.1 Å². The largest absolute Gasteiger partial charge is 0.457 e. The zero-order valence-electron chi connectivity index (χ0n) is 24.8. The number of hydrogen-bond donors (Lipinski definition) is 2. The SMILES string of the molecule is N=C(CC(=O)Cc1cccc(Oc2ccccc2)c1)C[C@@H](Cc1ccc(Cl)cc1Cl)C(=O)NCCN1C(=O)c2ccccc2C1=O. The normalized spacial score (nSPS) is 12.9. The number of nitrogens with one attached hydrogen (secondary N) is 2. The molecule has 0 unspecified atom stereocenters. The van der Waals surface area contributed by atoms with Crippen LogP contribution in [0.25, 0.3) is 0 Å². The number of hydrogen-bond acceptors (Lipinski definition) is 6. The molecule has 0 bridgehead atoms. The third kappa shape index (κ3) is 8.27. The Morgan fingerprint density at radius 2 is 1.50 bits per heavy atom. The van der Waals surface area contributed by atoms with E-state index in [9.17, 15) is 19.2 Å². The highest BCUT2D eigenvalue weighted by molar-refractivity contribution is 6.35. The van der Waals surface area contributed by atoms with E-state index in [-0.39, 0.29) is 56.2 Å². The molecule has 2 N–H and O–H groups in total. The fourth-order valence-electron chi connectivity index (χ4n) is 5.33. The summed E-state index contributed by atoms with van der Waals surface area (Å²) in [5, 5.41) is 12.3. The fourth-order valence-corrected chi connectivity index (χ4v) is 5.81. The van der Waals surface area contributed by atoms with Crippen molar-refractivity contribution >= 4 is 52.4 Å². The van der Waals surface area contributed by atoms with Crippen LogP contribution in [0.2, 0.25) is 10.0 Å². The third-order valence-electron chi connectivity index (χ3n) is 7.55. The summed E-state index contributed by atoms with van der Waals surface area (Å²) in [7, 11) is 0. The van der Waals surface area contributed by atoms with Crippen molar-refractivity contribution in [3.8, 4) is 11.5 Å². The summed E-state index contributed by atoms with van der Waals surface area (Å²) in [6.07, 6.45) is 0.191. The number of amides is 3. The molecule has 3 amide bonds. The van der Waals surface area contributed by atoms with Crippen molar-refractivity contribution in [2.24, 2.45) is 5.92 Å². The lowest BCUT2D eigenvalue weighted by Gasteiger charge is -2.20. The van der Waals surface area contributed by atoms with Gasteiger partial charge in [-0.2, -0.15) is 0 Å². The van der Waals surface area contributed by atoms with Crippen LogP contribution in [0.1, 0.15) is 44.7 Å². The Labute approximate surface area is 276 Å². The van der Waals surface area contributed by atoms with Gasteiger partial charge in [0, 0.05) is 47.6 Å². The van der Waals surface area contributed by atoms with E-state index in [4.69, 9.17) is 33.3 Å². The highest BCUT2D eigenvalue weighted by Crippen LogP contribution is 2.26. The first kappa shape index (κ1) is 32.6. The minimum atomic E-state index is -0.733. The molecule has 1 heterocycles. The molecule has 0 saturated carbocycles. The molecular weight excluding hydrogens is 625 g/mol. The number of benzene rings is 4. The van der Waals surface area contributed by atoms with Crippen molar-refractivity contribution in [2.45, 2.75) is 25.7 Å². The molecule has 10 heteroatoms. The molecule has 0 aliphatic carbocycles. The minimum absolute atomic E-state index is 0.00447. The van der Waals surface area contributed by atoms with E-state index in [0.29, 0.717) is 38.2 Å². The Morgan fingerprint density at radius 3 is 2.20 bits per heavy atom. The van der Waals surface area contributed by atoms with E-state index in [1.807, 2.05) is 48.5 Å². The smallest absolute Gasteiger partial charge is 0.261 e. The zero-order chi connectivity index (χ0) is 32.6. The van der Waals surface area contributed by atoms with Crippen molar-refractivity contribution < 1.29 is 23.9 Å². The Kier molecular flexibility index (Phi) is 10.6. The van der Waals surface area contributed by atoms with Gasteiger partial charge in [0.25, 0.3) is 11.8 Å². The van der Waals surface area contributed by atoms with Gasteiger partial charge in [-0.15, -0.1) is 0 Å². The van der Waals surface area contributed by atoms with Gasteiger partial charge in [0.05, 0.1) is 11.1 Å². The van der Waals surface area contributed by atoms with E-state index in [1.54, 1.807) is 48.5 Å². The molecular formula is C36H31Cl2N3O5. The monoisotopic (exact) mass is 655 g/mol. The van der Waals surface area contributed by atoms with Crippen molar-refractivity contribution in [3.63, 3.8) is 0 Å². The van der Waals surface area contributed by atoms with Gasteiger partial charge in [0.2, 0.25) is 5.91 Å². The molecule has 0 spiro atoms. The van der Waals surface area contributed by atoms with Gasteiger partial charge in [-0.25, -0.2) is 0 Å². The Bertz CT molecular complexity index is 1760. The molecule has 0 fully saturated rings. The first-order valence-electron chi connectivity index (χ1n) is 14.7. The summed E-state index contributed by atoms with van der Waals surface area (Å²) >= 11 is 12.5. The van der Waals surface area contributed by atoms with Crippen molar-refractivity contribution in [3.05, 3.63) is 129 Å². The van der Waals surface area contributed by atoms with Gasteiger partial charge in [0.15, 0.2) is 0 Å². The summed E-state index contributed by atoms with van der Waals surface area (Å²) in [6.45, 7) is 0.0261. The standard InChI is InChI=1S/C36H31Cl2N3O5/c37-26-14-13-24(33(38)21-26)19-25(34(43)40-15-16-41-35(44)31-11-4-5-12-32(31)36(41)45)20-27(39)22-28(42)17-23-7-6-10-30(18-23)46-29-8-2-1-3-9-29/h1-14,18,21,25,39H,15-17,19-20,22H2,(H,40,43)/t25-/m1/s1. The van der Waals surface area contributed by atoms with E-state index < -0.39 is 17.7 Å². The second-order valence-electron chi connectivity index (χ2n) is 11.0. The molecule has 4 aromatic rings. The van der Waals surface area contributed by atoms with E-state index in [2.05, 4.69) is 5.32 Å². The molecule has 1 aliphatic heterocycles. The molecule has 1 aliphatic rings. The minimum Gasteiger partial charge on any atom is -0.457 e. The second kappa shape index (κ2) is 15.0. The molecule has 4 aromatic carbocycles. The average Bonchev–Trinajstić information content (AvgIpc) is 3.27. The number of ether oxygens (including phenoxy) is 1. The number of carbonyl (C=O) groups is 4. The first-order valence-corrected chi connectivity index (χ1v) is 15.5. The average molecular weight is 657 g/mol. The predicted octanol–water partition coefficient (Wildman–Crippen LogP) is 6.97. The quantitative estimate of drug-likeness (QED) is 0.112. The van der Waals surface area contributed by atoms with Gasteiger partial charge in [0.1, 0.15) is 17.3 Å². The number of Topliss-reactive ketones (excluding diaryl/α,β-unsaturated/α-hetero) is 1. The maximum atomic E-state index is 13.4.